The second-order valence-corrected chi connectivity index (χ2v) is 6.04. The van der Waals surface area contributed by atoms with Crippen molar-refractivity contribution < 1.29 is 0 Å². The van der Waals surface area contributed by atoms with E-state index in [0.717, 1.165) is 11.0 Å². The maximum absolute atomic E-state index is 4.74. The molecule has 0 bridgehead atoms. The van der Waals surface area contributed by atoms with E-state index in [9.17, 15) is 0 Å². The lowest BCUT2D eigenvalue weighted by Gasteiger charge is -2.10. The number of rotatable bonds is 2. The second kappa shape index (κ2) is 5.10. The van der Waals surface area contributed by atoms with Crippen molar-refractivity contribution in [3.8, 4) is 11.1 Å². The van der Waals surface area contributed by atoms with Crippen LogP contribution in [0.3, 0.4) is 0 Å². The van der Waals surface area contributed by atoms with Crippen LogP contribution in [-0.2, 0) is 7.05 Å². The standard InChI is InChI=1S/C15H18BrN3/c1-10-14(11-5-3-6-12(16)9-11)15(18-19(10)2)13-7-4-8-17-13/h3,5-6,9,13,17H,4,7-8H2,1-2H3. The van der Waals surface area contributed by atoms with Crippen LogP contribution in [0.2, 0.25) is 0 Å². The number of hydrogen-bond donors (Lipinski definition) is 1. The van der Waals surface area contributed by atoms with Crippen molar-refractivity contribution in [2.24, 2.45) is 7.05 Å². The van der Waals surface area contributed by atoms with E-state index in [1.54, 1.807) is 0 Å². The smallest absolute Gasteiger partial charge is 0.0874 e. The van der Waals surface area contributed by atoms with Crippen LogP contribution in [0.5, 0.6) is 0 Å². The first-order valence-electron chi connectivity index (χ1n) is 6.69. The summed E-state index contributed by atoms with van der Waals surface area (Å²) >= 11 is 3.56. The van der Waals surface area contributed by atoms with Crippen molar-refractivity contribution in [3.63, 3.8) is 0 Å². The van der Waals surface area contributed by atoms with Crippen LogP contribution in [0.4, 0.5) is 0 Å². The van der Waals surface area contributed by atoms with E-state index < -0.39 is 0 Å². The zero-order valence-corrected chi connectivity index (χ0v) is 12.9. The molecule has 100 valence electrons. The molecule has 0 radical (unpaired) electrons. The average Bonchev–Trinajstić information content (AvgIpc) is 2.99. The van der Waals surface area contributed by atoms with E-state index >= 15 is 0 Å². The molecular formula is C15H18BrN3. The summed E-state index contributed by atoms with van der Waals surface area (Å²) in [6.07, 6.45) is 2.41. The normalized spacial score (nSPS) is 19.0. The fourth-order valence-corrected chi connectivity index (χ4v) is 3.20. The molecule has 1 aliphatic heterocycles. The molecule has 3 nitrogen and oxygen atoms in total. The summed E-state index contributed by atoms with van der Waals surface area (Å²) in [6.45, 7) is 3.24. The Hall–Kier alpha value is -1.13. The van der Waals surface area contributed by atoms with Gasteiger partial charge in [-0.3, -0.25) is 4.68 Å². The van der Waals surface area contributed by atoms with Crippen molar-refractivity contribution in [2.75, 3.05) is 6.54 Å². The SMILES string of the molecule is Cc1c(-c2cccc(Br)c2)c(C2CCCN2)nn1C. The van der Waals surface area contributed by atoms with Crippen molar-refractivity contribution in [1.29, 1.82) is 0 Å². The predicted octanol–water partition coefficient (Wildman–Crippen LogP) is 3.58. The largest absolute Gasteiger partial charge is 0.309 e. The Bertz CT molecular complexity index is 597. The van der Waals surface area contributed by atoms with Crippen molar-refractivity contribution in [2.45, 2.75) is 25.8 Å². The molecule has 0 spiro atoms. The maximum atomic E-state index is 4.74. The lowest BCUT2D eigenvalue weighted by molar-refractivity contribution is 0.605. The third-order valence-electron chi connectivity index (χ3n) is 3.86. The van der Waals surface area contributed by atoms with Crippen molar-refractivity contribution in [1.82, 2.24) is 15.1 Å². The highest BCUT2D eigenvalue weighted by Gasteiger charge is 2.25. The molecule has 2 heterocycles. The minimum atomic E-state index is 0.397. The van der Waals surface area contributed by atoms with E-state index in [2.05, 4.69) is 52.4 Å². The third kappa shape index (κ3) is 2.35. The number of nitrogens with one attached hydrogen (secondary N) is 1. The molecule has 1 fully saturated rings. The molecule has 1 unspecified atom stereocenters. The van der Waals surface area contributed by atoms with E-state index in [4.69, 9.17) is 5.10 Å². The van der Waals surface area contributed by atoms with Crippen LogP contribution in [0.1, 0.15) is 30.3 Å². The van der Waals surface area contributed by atoms with Gasteiger partial charge >= 0.3 is 0 Å². The highest BCUT2D eigenvalue weighted by molar-refractivity contribution is 9.10. The monoisotopic (exact) mass is 319 g/mol. The molecule has 2 aromatic rings. The van der Waals surface area contributed by atoms with E-state index in [1.165, 1.54) is 35.4 Å². The van der Waals surface area contributed by atoms with Gasteiger partial charge in [0.15, 0.2) is 0 Å². The minimum Gasteiger partial charge on any atom is -0.309 e. The molecule has 0 saturated carbocycles. The zero-order valence-electron chi connectivity index (χ0n) is 11.3. The Kier molecular flexibility index (Phi) is 3.46. The van der Waals surface area contributed by atoms with Gasteiger partial charge in [-0.2, -0.15) is 5.10 Å². The molecule has 19 heavy (non-hydrogen) atoms. The van der Waals surface area contributed by atoms with Gasteiger partial charge in [0.05, 0.1) is 11.7 Å². The number of aromatic nitrogens is 2. The Morgan fingerprint density at radius 2 is 2.26 bits per heavy atom. The summed E-state index contributed by atoms with van der Waals surface area (Å²) in [7, 11) is 2.02. The van der Waals surface area contributed by atoms with Crippen molar-refractivity contribution in [3.05, 3.63) is 40.1 Å². The first-order valence-corrected chi connectivity index (χ1v) is 7.49. The highest BCUT2D eigenvalue weighted by Crippen LogP contribution is 2.34. The summed E-state index contributed by atoms with van der Waals surface area (Å²) < 4.78 is 3.10. The summed E-state index contributed by atoms with van der Waals surface area (Å²) in [5.74, 6) is 0. The number of hydrogen-bond acceptors (Lipinski definition) is 2. The van der Waals surface area contributed by atoms with Crippen LogP contribution in [0, 0.1) is 6.92 Å². The lowest BCUT2D eigenvalue weighted by Crippen LogP contribution is -2.14. The summed E-state index contributed by atoms with van der Waals surface area (Å²) in [5.41, 5.74) is 4.93. The highest BCUT2D eigenvalue weighted by atomic mass is 79.9. The first kappa shape index (κ1) is 12.9. The van der Waals surface area contributed by atoms with Crippen molar-refractivity contribution >= 4 is 15.9 Å². The van der Waals surface area contributed by atoms with Gasteiger partial charge < -0.3 is 5.32 Å². The summed E-state index contributed by atoms with van der Waals surface area (Å²) in [4.78, 5) is 0. The number of benzene rings is 1. The second-order valence-electron chi connectivity index (χ2n) is 5.13. The molecular weight excluding hydrogens is 302 g/mol. The zero-order chi connectivity index (χ0) is 13.4. The van der Waals surface area contributed by atoms with Crippen LogP contribution in [0.15, 0.2) is 28.7 Å². The number of aryl methyl sites for hydroxylation is 1. The Balaban J connectivity index is 2.13. The molecule has 1 N–H and O–H groups in total. The molecule has 1 saturated heterocycles. The van der Waals surface area contributed by atoms with Crippen LogP contribution in [-0.4, -0.2) is 16.3 Å². The Morgan fingerprint density at radius 1 is 1.42 bits per heavy atom. The molecule has 1 atom stereocenters. The third-order valence-corrected chi connectivity index (χ3v) is 4.36. The fourth-order valence-electron chi connectivity index (χ4n) is 2.80. The van der Waals surface area contributed by atoms with Gasteiger partial charge in [0.1, 0.15) is 0 Å². The van der Waals surface area contributed by atoms with Gasteiger partial charge in [-0.25, -0.2) is 0 Å². The molecule has 1 aliphatic rings. The van der Waals surface area contributed by atoms with Gasteiger partial charge in [-0.05, 0) is 44.0 Å². The number of halogens is 1. The Labute approximate surface area is 122 Å². The quantitative estimate of drug-likeness (QED) is 0.916. The van der Waals surface area contributed by atoms with Gasteiger partial charge in [0.25, 0.3) is 0 Å². The van der Waals surface area contributed by atoms with Crippen LogP contribution < -0.4 is 5.32 Å². The van der Waals surface area contributed by atoms with Crippen LogP contribution in [0.25, 0.3) is 11.1 Å². The lowest BCUT2D eigenvalue weighted by atomic mass is 9.99. The summed E-state index contributed by atoms with van der Waals surface area (Å²) in [6, 6.07) is 8.87. The van der Waals surface area contributed by atoms with E-state index in [1.807, 2.05) is 11.7 Å². The van der Waals surface area contributed by atoms with Gasteiger partial charge in [-0.1, -0.05) is 28.1 Å². The first-order chi connectivity index (χ1) is 9.16. The minimum absolute atomic E-state index is 0.397. The van der Waals surface area contributed by atoms with Crippen LogP contribution >= 0.6 is 15.9 Å². The maximum Gasteiger partial charge on any atom is 0.0874 e. The van der Waals surface area contributed by atoms with Gasteiger partial charge in [0.2, 0.25) is 0 Å². The predicted molar refractivity (Wildman–Crippen MR) is 81.1 cm³/mol. The number of nitrogens with zero attached hydrogens (tertiary/aromatic N) is 2. The molecule has 4 heteroatoms. The molecule has 0 amide bonds. The topological polar surface area (TPSA) is 29.9 Å². The molecule has 0 aliphatic carbocycles. The average molecular weight is 320 g/mol. The van der Waals surface area contributed by atoms with E-state index in [0.29, 0.717) is 6.04 Å². The fraction of sp³-hybridized carbons (Fsp3) is 0.400. The van der Waals surface area contributed by atoms with Gasteiger partial charge in [0, 0.05) is 22.8 Å². The van der Waals surface area contributed by atoms with E-state index in [-0.39, 0.29) is 0 Å². The Morgan fingerprint density at radius 3 is 2.95 bits per heavy atom. The molecule has 1 aromatic heterocycles. The van der Waals surface area contributed by atoms with Gasteiger partial charge in [-0.15, -0.1) is 0 Å². The molecule has 1 aromatic carbocycles. The molecule has 3 rings (SSSR count). The summed E-state index contributed by atoms with van der Waals surface area (Å²) in [5, 5.41) is 8.29.